The van der Waals surface area contributed by atoms with Crippen LogP contribution in [0, 0.1) is 7.14 Å². The molecule has 1 amide bonds. The van der Waals surface area contributed by atoms with Crippen molar-refractivity contribution < 1.29 is 9.53 Å². The number of thiocarbonyl (C=S) groups is 1. The van der Waals surface area contributed by atoms with E-state index in [4.69, 9.17) is 17.0 Å². The van der Waals surface area contributed by atoms with Gasteiger partial charge in [0.2, 0.25) is 0 Å². The minimum Gasteiger partial charge on any atom is -0.492 e. The van der Waals surface area contributed by atoms with Crippen LogP contribution < -0.4 is 14.5 Å². The van der Waals surface area contributed by atoms with E-state index in [0.717, 1.165) is 29.8 Å². The van der Waals surface area contributed by atoms with Crippen LogP contribution in [-0.2, 0) is 4.79 Å². The summed E-state index contributed by atoms with van der Waals surface area (Å²) in [6.07, 6.45) is 1.88. The molecule has 0 unspecified atom stereocenters. The quantitative estimate of drug-likeness (QED) is 0.237. The molecular formula is C20H18I2N2O2S2. The predicted octanol–water partition coefficient (Wildman–Crippen LogP) is 5.77. The summed E-state index contributed by atoms with van der Waals surface area (Å²) < 4.78 is 8.46. The van der Waals surface area contributed by atoms with E-state index < -0.39 is 0 Å². The molecule has 2 aromatic rings. The van der Waals surface area contributed by atoms with Gasteiger partial charge in [-0.15, -0.1) is 0 Å². The highest BCUT2D eigenvalue weighted by Gasteiger charge is 2.33. The zero-order valence-electron chi connectivity index (χ0n) is 15.5. The summed E-state index contributed by atoms with van der Waals surface area (Å²) in [5.74, 6) is 0.688. The van der Waals surface area contributed by atoms with E-state index in [-0.39, 0.29) is 5.91 Å². The summed E-state index contributed by atoms with van der Waals surface area (Å²) in [5, 5.41) is 0. The van der Waals surface area contributed by atoms with Crippen LogP contribution in [0.3, 0.4) is 0 Å². The zero-order chi connectivity index (χ0) is 20.4. The fourth-order valence-electron chi connectivity index (χ4n) is 2.72. The van der Waals surface area contributed by atoms with Gasteiger partial charge in [-0.25, -0.2) is 0 Å². The Balaban J connectivity index is 1.96. The van der Waals surface area contributed by atoms with Gasteiger partial charge in [0.1, 0.15) is 5.75 Å². The number of halogens is 2. The first-order valence-corrected chi connectivity index (χ1v) is 11.9. The Morgan fingerprint density at radius 3 is 2.50 bits per heavy atom. The number of ether oxygens (including phenoxy) is 1. The molecule has 1 fully saturated rings. The van der Waals surface area contributed by atoms with E-state index in [1.54, 1.807) is 4.90 Å². The lowest BCUT2D eigenvalue weighted by atomic mass is 10.2. The molecule has 1 aliphatic rings. The van der Waals surface area contributed by atoms with E-state index >= 15 is 0 Å². The molecule has 1 heterocycles. The molecule has 28 heavy (non-hydrogen) atoms. The number of benzene rings is 2. The number of carbonyl (C=O) groups excluding carboxylic acids is 1. The average Bonchev–Trinajstić information content (AvgIpc) is 2.91. The van der Waals surface area contributed by atoms with Gasteiger partial charge >= 0.3 is 0 Å². The highest BCUT2D eigenvalue weighted by Crippen LogP contribution is 2.38. The molecule has 3 rings (SSSR count). The molecule has 1 aliphatic heterocycles. The number of hydrogen-bond donors (Lipinski definition) is 0. The number of anilines is 2. The van der Waals surface area contributed by atoms with Gasteiger partial charge in [-0.3, -0.25) is 9.69 Å². The molecule has 4 nitrogen and oxygen atoms in total. The van der Waals surface area contributed by atoms with Crippen LogP contribution in [0.2, 0.25) is 0 Å². The van der Waals surface area contributed by atoms with Crippen LogP contribution in [0.4, 0.5) is 11.4 Å². The van der Waals surface area contributed by atoms with Crippen molar-refractivity contribution in [2.45, 2.75) is 6.92 Å². The summed E-state index contributed by atoms with van der Waals surface area (Å²) >= 11 is 11.3. The Hall–Kier alpha value is -0.850. The Morgan fingerprint density at radius 2 is 1.89 bits per heavy atom. The molecule has 146 valence electrons. The second kappa shape index (κ2) is 9.31. The number of nitrogens with zero attached hydrogens (tertiary/aromatic N) is 2. The van der Waals surface area contributed by atoms with Gasteiger partial charge in [0.15, 0.2) is 4.32 Å². The minimum absolute atomic E-state index is 0.107. The predicted molar refractivity (Wildman–Crippen MR) is 139 cm³/mol. The van der Waals surface area contributed by atoms with Gasteiger partial charge in [-0.05, 0) is 94.6 Å². The molecule has 0 spiro atoms. The molecule has 2 aromatic carbocycles. The monoisotopic (exact) mass is 636 g/mol. The maximum atomic E-state index is 13.1. The molecule has 8 heteroatoms. The summed E-state index contributed by atoms with van der Waals surface area (Å²) in [6, 6.07) is 11.9. The van der Waals surface area contributed by atoms with E-state index in [1.807, 2.05) is 62.3 Å². The second-order valence-electron chi connectivity index (χ2n) is 6.17. The standard InChI is InChI=1S/C20H18I2N2O2S2/c1-4-26-18-12(9-13(21)11-16(18)22)10-17-19(25)24(20(27)28-17)15-7-5-14(6-8-15)23(2)3/h5-11H,4H2,1-3H3/b17-10+. The molecule has 0 bridgehead atoms. The maximum absolute atomic E-state index is 13.1. The van der Waals surface area contributed by atoms with Crippen molar-refractivity contribution in [1.29, 1.82) is 0 Å². The topological polar surface area (TPSA) is 32.8 Å². The van der Waals surface area contributed by atoms with E-state index in [0.29, 0.717) is 15.8 Å². The average molecular weight is 636 g/mol. The lowest BCUT2D eigenvalue weighted by molar-refractivity contribution is -0.113. The number of carbonyl (C=O) groups is 1. The zero-order valence-corrected chi connectivity index (χ0v) is 21.5. The third-order valence-corrected chi connectivity index (χ3v) is 6.76. The van der Waals surface area contributed by atoms with Crippen molar-refractivity contribution in [3.63, 3.8) is 0 Å². The van der Waals surface area contributed by atoms with E-state index in [2.05, 4.69) is 51.2 Å². The van der Waals surface area contributed by atoms with Gasteiger partial charge < -0.3 is 9.64 Å². The Kier molecular flexibility index (Phi) is 7.26. The molecule has 0 aromatic heterocycles. The number of amides is 1. The SMILES string of the molecule is CCOc1c(I)cc(I)cc1/C=C1/SC(=S)N(c2ccc(N(C)C)cc2)C1=O. The molecular weight excluding hydrogens is 618 g/mol. The lowest BCUT2D eigenvalue weighted by Gasteiger charge is -2.17. The highest BCUT2D eigenvalue weighted by atomic mass is 127. The highest BCUT2D eigenvalue weighted by molar-refractivity contribution is 14.1. The fourth-order valence-corrected chi connectivity index (χ4v) is 6.05. The van der Waals surface area contributed by atoms with Gasteiger partial charge in [0.05, 0.1) is 20.8 Å². The molecule has 0 N–H and O–H groups in total. The summed E-state index contributed by atoms with van der Waals surface area (Å²) in [7, 11) is 3.96. The number of thioether (sulfide) groups is 1. The van der Waals surface area contributed by atoms with Crippen molar-refractivity contribution in [2.75, 3.05) is 30.5 Å². The van der Waals surface area contributed by atoms with Crippen molar-refractivity contribution in [2.24, 2.45) is 0 Å². The number of rotatable bonds is 5. The summed E-state index contributed by atoms with van der Waals surface area (Å²) in [5.41, 5.74) is 2.74. The smallest absolute Gasteiger partial charge is 0.270 e. The van der Waals surface area contributed by atoms with Crippen molar-refractivity contribution in [3.05, 3.63) is 54.0 Å². The lowest BCUT2D eigenvalue weighted by Crippen LogP contribution is -2.27. The van der Waals surface area contributed by atoms with E-state index in [9.17, 15) is 4.79 Å². The molecule has 0 aliphatic carbocycles. The summed E-state index contributed by atoms with van der Waals surface area (Å²) in [4.78, 5) is 17.3. The summed E-state index contributed by atoms with van der Waals surface area (Å²) in [6.45, 7) is 2.52. The maximum Gasteiger partial charge on any atom is 0.270 e. The van der Waals surface area contributed by atoms with Crippen LogP contribution in [-0.4, -0.2) is 30.9 Å². The van der Waals surface area contributed by atoms with Crippen molar-refractivity contribution in [3.8, 4) is 5.75 Å². The van der Waals surface area contributed by atoms with Gasteiger partial charge in [-0.1, -0.05) is 24.0 Å². The first kappa shape index (κ1) is 21.8. The van der Waals surface area contributed by atoms with Crippen LogP contribution >= 0.6 is 69.2 Å². The molecule has 0 atom stereocenters. The van der Waals surface area contributed by atoms with Crippen molar-refractivity contribution >= 4 is 96.8 Å². The second-order valence-corrected chi connectivity index (χ2v) is 10.3. The first-order chi connectivity index (χ1) is 13.3. The Morgan fingerprint density at radius 1 is 1.21 bits per heavy atom. The Bertz CT molecular complexity index is 959. The normalized spacial score (nSPS) is 15.5. The van der Waals surface area contributed by atoms with Gasteiger partial charge in [0.25, 0.3) is 5.91 Å². The van der Waals surface area contributed by atoms with Crippen LogP contribution in [0.5, 0.6) is 5.75 Å². The molecule has 1 saturated heterocycles. The largest absolute Gasteiger partial charge is 0.492 e. The van der Waals surface area contributed by atoms with Crippen LogP contribution in [0.25, 0.3) is 6.08 Å². The number of hydrogen-bond acceptors (Lipinski definition) is 5. The third kappa shape index (κ3) is 4.65. The first-order valence-electron chi connectivity index (χ1n) is 8.49. The van der Waals surface area contributed by atoms with Crippen LogP contribution in [0.15, 0.2) is 41.3 Å². The van der Waals surface area contributed by atoms with Gasteiger partial charge in [-0.2, -0.15) is 0 Å². The third-order valence-electron chi connectivity index (χ3n) is 4.03. The molecule has 0 saturated carbocycles. The van der Waals surface area contributed by atoms with Gasteiger partial charge in [0, 0.05) is 28.9 Å². The fraction of sp³-hybridized carbons (Fsp3) is 0.200. The minimum atomic E-state index is -0.107. The van der Waals surface area contributed by atoms with E-state index in [1.165, 1.54) is 11.8 Å². The molecule has 0 radical (unpaired) electrons. The van der Waals surface area contributed by atoms with Crippen molar-refractivity contribution in [1.82, 2.24) is 0 Å². The Labute approximate surface area is 202 Å². The van der Waals surface area contributed by atoms with Crippen LogP contribution in [0.1, 0.15) is 12.5 Å².